The summed E-state index contributed by atoms with van der Waals surface area (Å²) in [6, 6.07) is 6.78. The second-order valence-corrected chi connectivity index (χ2v) is 3.51. The van der Waals surface area contributed by atoms with Gasteiger partial charge in [0.1, 0.15) is 12.0 Å². The van der Waals surface area contributed by atoms with E-state index in [-0.39, 0.29) is 12.0 Å². The van der Waals surface area contributed by atoms with Crippen molar-refractivity contribution in [1.82, 2.24) is 0 Å². The van der Waals surface area contributed by atoms with E-state index in [1.807, 2.05) is 0 Å². The largest absolute Gasteiger partial charge is 0.508 e. The summed E-state index contributed by atoms with van der Waals surface area (Å²) < 4.78 is 10.7. The third-order valence-corrected chi connectivity index (χ3v) is 2.39. The first-order valence-electron chi connectivity index (χ1n) is 4.17. The van der Waals surface area contributed by atoms with Crippen molar-refractivity contribution in [3.05, 3.63) is 36.1 Å². The van der Waals surface area contributed by atoms with Gasteiger partial charge in [-0.25, -0.2) is 0 Å². The lowest BCUT2D eigenvalue weighted by atomic mass is 10.2. The number of halogens is 1. The quantitative estimate of drug-likeness (QED) is 0.827. The van der Waals surface area contributed by atoms with Gasteiger partial charge in [0, 0.05) is 5.56 Å². The molecule has 0 fully saturated rings. The number of phenols is 1. The minimum atomic E-state index is -0.251. The maximum atomic E-state index is 9.10. The number of aromatic hydroxyl groups is 1. The van der Waals surface area contributed by atoms with Gasteiger partial charge in [-0.05, 0) is 24.3 Å². The molecule has 0 bridgehead atoms. The molecule has 4 heteroatoms. The molecule has 0 saturated carbocycles. The van der Waals surface area contributed by atoms with Crippen LogP contribution >= 0.6 is 15.9 Å². The first kappa shape index (κ1) is 9.40. The van der Waals surface area contributed by atoms with Gasteiger partial charge in [0.15, 0.2) is 5.76 Å². The molecule has 0 aliphatic carbocycles. The van der Waals surface area contributed by atoms with Gasteiger partial charge >= 0.3 is 0 Å². The molecule has 1 unspecified atom stereocenters. The second-order valence-electron chi connectivity index (χ2n) is 2.87. The number of hydrogen-bond acceptors (Lipinski definition) is 3. The Morgan fingerprint density at radius 2 is 2.00 bits per heavy atom. The van der Waals surface area contributed by atoms with Gasteiger partial charge in [-0.1, -0.05) is 15.9 Å². The van der Waals surface area contributed by atoms with Crippen LogP contribution in [0.15, 0.2) is 30.5 Å². The lowest BCUT2D eigenvalue weighted by Gasteiger charge is -2.07. The number of benzene rings is 1. The maximum Gasteiger partial charge on any atom is 0.250 e. The molecule has 0 spiro atoms. The van der Waals surface area contributed by atoms with Crippen molar-refractivity contribution >= 4 is 21.7 Å². The molecule has 1 N–H and O–H groups in total. The van der Waals surface area contributed by atoms with Crippen LogP contribution in [-0.2, 0) is 9.47 Å². The summed E-state index contributed by atoms with van der Waals surface area (Å²) in [4.78, 5) is 0. The Bertz CT molecular complexity index is 345. The standard InChI is InChI=1S/C10H9BrO3/c11-5-10-13-6-9(14-10)7-1-3-8(12)4-2-7/h1-4,6,10,12H,5H2. The number of alkyl halides is 1. The minimum Gasteiger partial charge on any atom is -0.508 e. The van der Waals surface area contributed by atoms with Gasteiger partial charge in [0.2, 0.25) is 6.29 Å². The van der Waals surface area contributed by atoms with Crippen LogP contribution in [0.3, 0.4) is 0 Å². The molecule has 0 saturated heterocycles. The van der Waals surface area contributed by atoms with E-state index in [2.05, 4.69) is 15.9 Å². The lowest BCUT2D eigenvalue weighted by Crippen LogP contribution is -2.08. The van der Waals surface area contributed by atoms with Crippen molar-refractivity contribution in [1.29, 1.82) is 0 Å². The fraction of sp³-hybridized carbons (Fsp3) is 0.200. The van der Waals surface area contributed by atoms with Gasteiger partial charge in [-0.2, -0.15) is 0 Å². The summed E-state index contributed by atoms with van der Waals surface area (Å²) in [7, 11) is 0. The Kier molecular flexibility index (Phi) is 2.63. The van der Waals surface area contributed by atoms with Crippen LogP contribution in [-0.4, -0.2) is 16.7 Å². The van der Waals surface area contributed by atoms with E-state index >= 15 is 0 Å². The summed E-state index contributed by atoms with van der Waals surface area (Å²) >= 11 is 3.26. The number of ether oxygens (including phenoxy) is 2. The Hall–Kier alpha value is -1.16. The number of hydrogen-bond donors (Lipinski definition) is 1. The first-order chi connectivity index (χ1) is 6.79. The maximum absolute atomic E-state index is 9.10. The Labute approximate surface area is 90.1 Å². The zero-order valence-corrected chi connectivity index (χ0v) is 8.90. The van der Waals surface area contributed by atoms with Crippen molar-refractivity contribution in [3.63, 3.8) is 0 Å². The average molecular weight is 257 g/mol. The SMILES string of the molecule is Oc1ccc(C2=COC(CBr)O2)cc1. The molecule has 2 rings (SSSR count). The van der Waals surface area contributed by atoms with E-state index in [0.29, 0.717) is 11.1 Å². The fourth-order valence-corrected chi connectivity index (χ4v) is 1.45. The molecule has 1 aliphatic rings. The molecule has 0 aromatic heterocycles. The fourth-order valence-electron chi connectivity index (χ4n) is 1.16. The molecule has 74 valence electrons. The summed E-state index contributed by atoms with van der Waals surface area (Å²) in [6.45, 7) is 0. The highest BCUT2D eigenvalue weighted by Crippen LogP contribution is 2.26. The van der Waals surface area contributed by atoms with Crippen molar-refractivity contribution in [3.8, 4) is 5.75 Å². The third-order valence-electron chi connectivity index (χ3n) is 1.86. The van der Waals surface area contributed by atoms with Gasteiger partial charge < -0.3 is 14.6 Å². The average Bonchev–Trinajstić information content (AvgIpc) is 2.67. The van der Waals surface area contributed by atoms with Crippen LogP contribution in [0.1, 0.15) is 5.56 Å². The summed E-state index contributed by atoms with van der Waals surface area (Å²) in [6.07, 6.45) is 1.33. The van der Waals surface area contributed by atoms with E-state index in [9.17, 15) is 0 Å². The van der Waals surface area contributed by atoms with Gasteiger partial charge in [-0.15, -0.1) is 0 Å². The topological polar surface area (TPSA) is 38.7 Å². The lowest BCUT2D eigenvalue weighted by molar-refractivity contribution is 0.00709. The minimum absolute atomic E-state index is 0.241. The summed E-state index contributed by atoms with van der Waals surface area (Å²) in [5.41, 5.74) is 0.895. The Balaban J connectivity index is 2.13. The van der Waals surface area contributed by atoms with Crippen LogP contribution in [0.4, 0.5) is 0 Å². The molecule has 1 aliphatic heterocycles. The van der Waals surface area contributed by atoms with Crippen molar-refractivity contribution in [2.24, 2.45) is 0 Å². The van der Waals surface area contributed by atoms with E-state index < -0.39 is 0 Å². The molecule has 1 heterocycles. The van der Waals surface area contributed by atoms with Gasteiger partial charge in [0.05, 0.1) is 5.33 Å². The highest BCUT2D eigenvalue weighted by atomic mass is 79.9. The monoisotopic (exact) mass is 256 g/mol. The van der Waals surface area contributed by atoms with Crippen molar-refractivity contribution < 1.29 is 14.6 Å². The predicted octanol–water partition coefficient (Wildman–Crippen LogP) is 2.46. The van der Waals surface area contributed by atoms with Crippen LogP contribution in [0.2, 0.25) is 0 Å². The molecule has 3 nitrogen and oxygen atoms in total. The van der Waals surface area contributed by atoms with Crippen LogP contribution in [0.25, 0.3) is 5.76 Å². The molecule has 1 atom stereocenters. The van der Waals surface area contributed by atoms with Crippen LogP contribution < -0.4 is 0 Å². The zero-order valence-electron chi connectivity index (χ0n) is 7.31. The highest BCUT2D eigenvalue weighted by molar-refractivity contribution is 9.09. The first-order valence-corrected chi connectivity index (χ1v) is 5.29. The van der Waals surface area contributed by atoms with Gasteiger partial charge in [0.25, 0.3) is 0 Å². The number of phenolic OH excluding ortho intramolecular Hbond substituents is 1. The third kappa shape index (κ3) is 1.85. The highest BCUT2D eigenvalue weighted by Gasteiger charge is 2.18. The van der Waals surface area contributed by atoms with E-state index in [4.69, 9.17) is 14.6 Å². The summed E-state index contributed by atoms with van der Waals surface area (Å²) in [5.74, 6) is 0.930. The molecule has 0 amide bonds. The molecule has 0 radical (unpaired) electrons. The summed E-state index contributed by atoms with van der Waals surface area (Å²) in [5, 5.41) is 9.73. The molecule has 1 aromatic rings. The zero-order chi connectivity index (χ0) is 9.97. The Morgan fingerprint density at radius 3 is 2.57 bits per heavy atom. The Morgan fingerprint density at radius 1 is 1.29 bits per heavy atom. The number of rotatable bonds is 2. The predicted molar refractivity (Wildman–Crippen MR) is 55.8 cm³/mol. The normalized spacial score (nSPS) is 19.8. The van der Waals surface area contributed by atoms with E-state index in [0.717, 1.165) is 5.56 Å². The van der Waals surface area contributed by atoms with Gasteiger partial charge in [-0.3, -0.25) is 0 Å². The van der Waals surface area contributed by atoms with Crippen molar-refractivity contribution in [2.75, 3.05) is 5.33 Å². The molecule has 14 heavy (non-hydrogen) atoms. The molecular formula is C10H9BrO3. The molecular weight excluding hydrogens is 248 g/mol. The van der Waals surface area contributed by atoms with E-state index in [1.54, 1.807) is 30.5 Å². The second kappa shape index (κ2) is 3.92. The van der Waals surface area contributed by atoms with Crippen LogP contribution in [0.5, 0.6) is 5.75 Å². The van der Waals surface area contributed by atoms with Crippen molar-refractivity contribution in [2.45, 2.75) is 6.29 Å². The smallest absolute Gasteiger partial charge is 0.250 e. The van der Waals surface area contributed by atoms with Crippen LogP contribution in [0, 0.1) is 0 Å². The van der Waals surface area contributed by atoms with E-state index in [1.165, 1.54) is 0 Å². The molecule has 1 aromatic carbocycles.